The molecule has 0 saturated carbocycles. The van der Waals surface area contributed by atoms with Crippen molar-refractivity contribution in [2.24, 2.45) is 5.41 Å². The minimum absolute atomic E-state index is 0.268. The Morgan fingerprint density at radius 1 is 1.31 bits per heavy atom. The van der Waals surface area contributed by atoms with Crippen LogP contribution in [0, 0.1) is 5.41 Å². The van der Waals surface area contributed by atoms with Gasteiger partial charge in [-0.2, -0.15) is 0 Å². The molecule has 0 radical (unpaired) electrons. The molecule has 16 heavy (non-hydrogen) atoms. The number of methoxy groups -OCH3 is 1. The van der Waals surface area contributed by atoms with Gasteiger partial charge in [0, 0.05) is 17.4 Å². The highest BCUT2D eigenvalue weighted by molar-refractivity contribution is 7.98. The van der Waals surface area contributed by atoms with Crippen LogP contribution in [-0.2, 0) is 11.2 Å². The molecule has 3 heteroatoms. The van der Waals surface area contributed by atoms with Crippen LogP contribution in [0.2, 0.25) is 0 Å². The van der Waals surface area contributed by atoms with Gasteiger partial charge in [-0.3, -0.25) is 0 Å². The molecule has 0 aliphatic carbocycles. The van der Waals surface area contributed by atoms with E-state index in [4.69, 9.17) is 4.74 Å². The predicted molar refractivity (Wildman–Crippen MR) is 68.7 cm³/mol. The highest BCUT2D eigenvalue weighted by Crippen LogP contribution is 2.27. The van der Waals surface area contributed by atoms with Crippen molar-refractivity contribution < 1.29 is 9.84 Å². The summed E-state index contributed by atoms with van der Waals surface area (Å²) in [5.41, 5.74) is 0.953. The van der Waals surface area contributed by atoms with E-state index in [9.17, 15) is 5.11 Å². The van der Waals surface area contributed by atoms with Crippen molar-refractivity contribution in [3.05, 3.63) is 29.8 Å². The Labute approximate surface area is 102 Å². The van der Waals surface area contributed by atoms with Crippen LogP contribution in [-0.4, -0.2) is 24.8 Å². The summed E-state index contributed by atoms with van der Waals surface area (Å²) >= 11 is 1.73. The minimum Gasteiger partial charge on any atom is -0.368 e. The Morgan fingerprint density at radius 2 is 1.88 bits per heavy atom. The largest absolute Gasteiger partial charge is 0.368 e. The van der Waals surface area contributed by atoms with E-state index in [2.05, 4.69) is 30.5 Å². The third-order valence-electron chi connectivity index (χ3n) is 2.71. The lowest BCUT2D eigenvalue weighted by Crippen LogP contribution is -2.32. The van der Waals surface area contributed by atoms with E-state index < -0.39 is 6.29 Å². The zero-order valence-electron chi connectivity index (χ0n) is 10.4. The van der Waals surface area contributed by atoms with Crippen molar-refractivity contribution in [3.63, 3.8) is 0 Å². The molecule has 0 aromatic heterocycles. The molecule has 0 amide bonds. The van der Waals surface area contributed by atoms with Gasteiger partial charge in [-0.25, -0.2) is 0 Å². The summed E-state index contributed by atoms with van der Waals surface area (Å²) in [6, 6.07) is 8.43. The summed E-state index contributed by atoms with van der Waals surface area (Å²) in [6.45, 7) is 4.01. The van der Waals surface area contributed by atoms with Crippen molar-refractivity contribution in [1.82, 2.24) is 0 Å². The first-order valence-corrected chi connectivity index (χ1v) is 6.56. The Bertz CT molecular complexity index is 319. The van der Waals surface area contributed by atoms with Gasteiger partial charge in [-0.1, -0.05) is 26.0 Å². The van der Waals surface area contributed by atoms with Gasteiger partial charge in [-0.15, -0.1) is 11.8 Å². The lowest BCUT2D eigenvalue weighted by Gasteiger charge is -2.29. The zero-order chi connectivity index (χ0) is 12.2. The van der Waals surface area contributed by atoms with Gasteiger partial charge < -0.3 is 9.84 Å². The van der Waals surface area contributed by atoms with Gasteiger partial charge in [0.05, 0.1) is 0 Å². The number of aliphatic hydroxyl groups excluding tert-OH is 1. The van der Waals surface area contributed by atoms with Crippen LogP contribution in [0.4, 0.5) is 0 Å². The molecule has 0 heterocycles. The number of thioether (sulfide) groups is 1. The first-order valence-electron chi connectivity index (χ1n) is 5.33. The van der Waals surface area contributed by atoms with Crippen LogP contribution in [0.15, 0.2) is 29.2 Å². The van der Waals surface area contributed by atoms with Crippen LogP contribution in [0.1, 0.15) is 19.4 Å². The summed E-state index contributed by atoms with van der Waals surface area (Å²) in [4.78, 5) is 1.26. The van der Waals surface area contributed by atoms with Crippen LogP contribution in [0.25, 0.3) is 0 Å². The molecule has 0 aliphatic rings. The van der Waals surface area contributed by atoms with Gasteiger partial charge in [-0.05, 0) is 30.4 Å². The molecule has 0 fully saturated rings. The van der Waals surface area contributed by atoms with Gasteiger partial charge >= 0.3 is 0 Å². The fourth-order valence-corrected chi connectivity index (χ4v) is 2.08. The Kier molecular flexibility index (Phi) is 4.84. The number of benzene rings is 1. The van der Waals surface area contributed by atoms with E-state index in [1.165, 1.54) is 17.6 Å². The molecule has 1 atom stereocenters. The molecule has 1 rings (SSSR count). The highest BCUT2D eigenvalue weighted by atomic mass is 32.2. The summed E-state index contributed by atoms with van der Waals surface area (Å²) in [7, 11) is 1.53. The molecule has 1 unspecified atom stereocenters. The third-order valence-corrected chi connectivity index (χ3v) is 3.45. The highest BCUT2D eigenvalue weighted by Gasteiger charge is 2.27. The number of aliphatic hydroxyl groups is 1. The van der Waals surface area contributed by atoms with E-state index in [-0.39, 0.29) is 5.41 Å². The monoisotopic (exact) mass is 240 g/mol. The lowest BCUT2D eigenvalue weighted by molar-refractivity contribution is -0.145. The Hall–Kier alpha value is -0.510. The van der Waals surface area contributed by atoms with E-state index in [1.54, 1.807) is 11.8 Å². The third kappa shape index (κ3) is 3.51. The van der Waals surface area contributed by atoms with E-state index in [1.807, 2.05) is 13.8 Å². The molecule has 0 spiro atoms. The summed E-state index contributed by atoms with van der Waals surface area (Å²) in [5, 5.41) is 9.72. The second-order valence-electron chi connectivity index (χ2n) is 4.60. The molecule has 0 aliphatic heterocycles. The lowest BCUT2D eigenvalue weighted by atomic mass is 9.85. The second-order valence-corrected chi connectivity index (χ2v) is 5.48. The first-order chi connectivity index (χ1) is 7.49. The number of hydrogen-bond acceptors (Lipinski definition) is 3. The average Bonchev–Trinajstić information content (AvgIpc) is 2.28. The van der Waals surface area contributed by atoms with Crippen molar-refractivity contribution in [1.29, 1.82) is 0 Å². The summed E-state index contributed by atoms with van der Waals surface area (Å²) in [5.74, 6) is 0. The molecule has 1 aromatic rings. The van der Waals surface area contributed by atoms with Crippen molar-refractivity contribution in [3.8, 4) is 0 Å². The van der Waals surface area contributed by atoms with E-state index >= 15 is 0 Å². The van der Waals surface area contributed by atoms with Gasteiger partial charge in [0.2, 0.25) is 0 Å². The summed E-state index contributed by atoms with van der Waals surface area (Å²) in [6.07, 6.45) is 2.14. The number of hydrogen-bond donors (Lipinski definition) is 1. The first kappa shape index (κ1) is 13.6. The Morgan fingerprint density at radius 3 is 2.31 bits per heavy atom. The smallest absolute Gasteiger partial charge is 0.159 e. The fourth-order valence-electron chi connectivity index (χ4n) is 1.68. The van der Waals surface area contributed by atoms with Crippen LogP contribution in [0.5, 0.6) is 0 Å². The van der Waals surface area contributed by atoms with Crippen molar-refractivity contribution in [2.75, 3.05) is 13.4 Å². The molecule has 1 N–H and O–H groups in total. The van der Waals surface area contributed by atoms with Crippen molar-refractivity contribution in [2.45, 2.75) is 31.5 Å². The topological polar surface area (TPSA) is 29.5 Å². The minimum atomic E-state index is -0.729. The molecule has 2 nitrogen and oxygen atoms in total. The maximum absolute atomic E-state index is 9.72. The zero-order valence-corrected chi connectivity index (χ0v) is 11.2. The molecule has 0 bridgehead atoms. The molecule has 1 aromatic carbocycles. The SMILES string of the molecule is COC(O)C(C)(C)Cc1ccc(SC)cc1. The van der Waals surface area contributed by atoms with Crippen LogP contribution >= 0.6 is 11.8 Å². The number of rotatable bonds is 5. The van der Waals surface area contributed by atoms with E-state index in [0.717, 1.165) is 6.42 Å². The van der Waals surface area contributed by atoms with Crippen LogP contribution < -0.4 is 0 Å². The fraction of sp³-hybridized carbons (Fsp3) is 0.538. The van der Waals surface area contributed by atoms with Gasteiger partial charge in [0.1, 0.15) is 0 Å². The van der Waals surface area contributed by atoms with E-state index in [0.29, 0.717) is 0 Å². The molecule has 90 valence electrons. The normalized spacial score (nSPS) is 13.8. The number of ether oxygens (including phenoxy) is 1. The maximum atomic E-state index is 9.72. The van der Waals surface area contributed by atoms with Gasteiger partial charge in [0.25, 0.3) is 0 Å². The molecule has 0 saturated heterocycles. The van der Waals surface area contributed by atoms with Gasteiger partial charge in [0.15, 0.2) is 6.29 Å². The average molecular weight is 240 g/mol. The molecular weight excluding hydrogens is 220 g/mol. The van der Waals surface area contributed by atoms with Crippen molar-refractivity contribution >= 4 is 11.8 Å². The standard InChI is InChI=1S/C13H20O2S/c1-13(2,12(14)15-3)9-10-5-7-11(16-4)8-6-10/h5-8,12,14H,9H2,1-4H3. The summed E-state index contributed by atoms with van der Waals surface area (Å²) < 4.78 is 4.98. The second kappa shape index (κ2) is 5.71. The quantitative estimate of drug-likeness (QED) is 0.634. The predicted octanol–water partition coefficient (Wildman–Crippen LogP) is 2.94. The van der Waals surface area contributed by atoms with Crippen LogP contribution in [0.3, 0.4) is 0 Å². The Balaban J connectivity index is 2.72. The molecular formula is C13H20O2S. The maximum Gasteiger partial charge on any atom is 0.159 e.